The van der Waals surface area contributed by atoms with E-state index >= 15 is 0 Å². The molecule has 1 aromatic heterocycles. The first kappa shape index (κ1) is 12.9. The van der Waals surface area contributed by atoms with Gasteiger partial charge in [0.2, 0.25) is 0 Å². The van der Waals surface area contributed by atoms with E-state index in [9.17, 15) is 4.79 Å². The summed E-state index contributed by atoms with van der Waals surface area (Å²) in [6, 6.07) is 10.4. The number of pyridine rings is 1. The fourth-order valence-corrected chi connectivity index (χ4v) is 1.57. The number of carbonyl (C=O) groups excluding carboxylic acids is 1. The van der Waals surface area contributed by atoms with Crippen molar-refractivity contribution < 1.29 is 9.53 Å². The van der Waals surface area contributed by atoms with E-state index in [1.54, 1.807) is 30.6 Å². The van der Waals surface area contributed by atoms with Gasteiger partial charge in [-0.1, -0.05) is 12.1 Å². The number of carbonyl (C=O) groups is 1. The van der Waals surface area contributed by atoms with Gasteiger partial charge in [-0.05, 0) is 31.2 Å². The van der Waals surface area contributed by atoms with Crippen LogP contribution < -0.4 is 15.4 Å². The third kappa shape index (κ3) is 3.70. The fraction of sp³-hybridized carbons (Fsp3) is 0.143. The van der Waals surface area contributed by atoms with Crippen LogP contribution in [0.2, 0.25) is 0 Å². The quantitative estimate of drug-likeness (QED) is 0.884. The molecule has 0 unspecified atom stereocenters. The molecule has 0 spiro atoms. The molecule has 98 valence electrons. The van der Waals surface area contributed by atoms with Gasteiger partial charge >= 0.3 is 6.03 Å². The summed E-state index contributed by atoms with van der Waals surface area (Å²) in [5.74, 6) is 0.648. The Balaban J connectivity index is 2.03. The minimum Gasteiger partial charge on any atom is -0.492 e. The van der Waals surface area contributed by atoms with Crippen LogP contribution >= 0.6 is 0 Å². The summed E-state index contributed by atoms with van der Waals surface area (Å²) in [5.41, 5.74) is 1.32. The highest BCUT2D eigenvalue weighted by molar-refractivity contribution is 6.00. The molecule has 2 amide bonds. The van der Waals surface area contributed by atoms with Crippen molar-refractivity contribution in [1.29, 1.82) is 0 Å². The van der Waals surface area contributed by atoms with Gasteiger partial charge in [0.1, 0.15) is 5.75 Å². The van der Waals surface area contributed by atoms with Crippen LogP contribution in [-0.2, 0) is 0 Å². The number of nitrogens with zero attached hydrogens (tertiary/aromatic N) is 1. The van der Waals surface area contributed by atoms with Crippen molar-refractivity contribution in [1.82, 2.24) is 4.98 Å². The summed E-state index contributed by atoms with van der Waals surface area (Å²) < 4.78 is 5.44. The van der Waals surface area contributed by atoms with Gasteiger partial charge in [0.25, 0.3) is 0 Å². The van der Waals surface area contributed by atoms with E-state index < -0.39 is 0 Å². The van der Waals surface area contributed by atoms with Crippen molar-refractivity contribution in [2.24, 2.45) is 0 Å². The molecule has 0 aliphatic heterocycles. The second kappa shape index (κ2) is 6.39. The first-order valence-corrected chi connectivity index (χ1v) is 5.99. The van der Waals surface area contributed by atoms with E-state index in [-0.39, 0.29) is 6.03 Å². The maximum Gasteiger partial charge on any atom is 0.323 e. The number of amides is 2. The van der Waals surface area contributed by atoms with Gasteiger partial charge in [-0.2, -0.15) is 0 Å². The minimum atomic E-state index is -0.321. The second-order valence-electron chi connectivity index (χ2n) is 3.74. The number of rotatable bonds is 4. The summed E-state index contributed by atoms with van der Waals surface area (Å²) in [4.78, 5) is 15.7. The lowest BCUT2D eigenvalue weighted by Gasteiger charge is -2.11. The number of nitrogens with one attached hydrogen (secondary N) is 2. The zero-order valence-electron chi connectivity index (χ0n) is 10.6. The average Bonchev–Trinajstić information content (AvgIpc) is 2.42. The Hall–Kier alpha value is -2.56. The molecular weight excluding hydrogens is 242 g/mol. The SMILES string of the molecule is CCOc1ccccc1NC(=O)Nc1ccncc1. The molecule has 2 aromatic rings. The van der Waals surface area contributed by atoms with Crippen LogP contribution in [0.4, 0.5) is 16.2 Å². The van der Waals surface area contributed by atoms with Crippen LogP contribution in [0, 0.1) is 0 Å². The smallest absolute Gasteiger partial charge is 0.323 e. The molecule has 5 nitrogen and oxygen atoms in total. The molecule has 1 heterocycles. The summed E-state index contributed by atoms with van der Waals surface area (Å²) in [6.45, 7) is 2.44. The molecule has 0 radical (unpaired) electrons. The molecule has 0 bridgehead atoms. The Morgan fingerprint density at radius 2 is 1.89 bits per heavy atom. The van der Waals surface area contributed by atoms with Crippen LogP contribution in [0.15, 0.2) is 48.8 Å². The fourth-order valence-electron chi connectivity index (χ4n) is 1.57. The predicted molar refractivity (Wildman–Crippen MR) is 74.5 cm³/mol. The van der Waals surface area contributed by atoms with E-state index in [1.807, 2.05) is 25.1 Å². The van der Waals surface area contributed by atoms with Crippen molar-refractivity contribution in [3.05, 3.63) is 48.8 Å². The number of hydrogen-bond donors (Lipinski definition) is 2. The number of benzene rings is 1. The van der Waals surface area contributed by atoms with Gasteiger partial charge < -0.3 is 15.4 Å². The number of para-hydroxylation sites is 2. The number of anilines is 2. The van der Waals surface area contributed by atoms with Gasteiger partial charge in [-0.3, -0.25) is 4.98 Å². The van der Waals surface area contributed by atoms with Crippen molar-refractivity contribution in [2.75, 3.05) is 17.2 Å². The average molecular weight is 257 g/mol. The number of aromatic nitrogens is 1. The molecule has 19 heavy (non-hydrogen) atoms. The van der Waals surface area contributed by atoms with Crippen LogP contribution in [0.25, 0.3) is 0 Å². The Labute approximate surface area is 111 Å². The maximum absolute atomic E-state index is 11.8. The van der Waals surface area contributed by atoms with E-state index in [0.29, 0.717) is 23.7 Å². The summed E-state index contributed by atoms with van der Waals surface area (Å²) in [7, 11) is 0. The standard InChI is InChI=1S/C14H15N3O2/c1-2-19-13-6-4-3-5-12(13)17-14(18)16-11-7-9-15-10-8-11/h3-10H,2H2,1H3,(H2,15,16,17,18). The Kier molecular flexibility index (Phi) is 4.34. The normalized spacial score (nSPS) is 9.74. The molecule has 0 atom stereocenters. The molecule has 0 aliphatic rings. The van der Waals surface area contributed by atoms with Crippen LogP contribution in [0.1, 0.15) is 6.92 Å². The van der Waals surface area contributed by atoms with Gasteiger partial charge in [0.05, 0.1) is 12.3 Å². The van der Waals surface area contributed by atoms with Crippen LogP contribution in [0.3, 0.4) is 0 Å². The molecule has 0 saturated carbocycles. The lowest BCUT2D eigenvalue weighted by molar-refractivity contribution is 0.262. The molecule has 0 saturated heterocycles. The van der Waals surface area contributed by atoms with E-state index in [1.165, 1.54) is 0 Å². The van der Waals surface area contributed by atoms with Crippen molar-refractivity contribution in [3.63, 3.8) is 0 Å². The van der Waals surface area contributed by atoms with Crippen molar-refractivity contribution in [2.45, 2.75) is 6.92 Å². The van der Waals surface area contributed by atoms with Gasteiger partial charge in [-0.25, -0.2) is 4.79 Å². The topological polar surface area (TPSA) is 63.2 Å². The third-order valence-electron chi connectivity index (χ3n) is 2.37. The number of hydrogen-bond acceptors (Lipinski definition) is 3. The number of urea groups is 1. The number of ether oxygens (including phenoxy) is 1. The minimum absolute atomic E-state index is 0.321. The largest absolute Gasteiger partial charge is 0.492 e. The van der Waals surface area contributed by atoms with Gasteiger partial charge in [0.15, 0.2) is 0 Å². The maximum atomic E-state index is 11.8. The monoisotopic (exact) mass is 257 g/mol. The zero-order valence-corrected chi connectivity index (χ0v) is 10.6. The Bertz CT molecular complexity index is 543. The Morgan fingerprint density at radius 3 is 2.63 bits per heavy atom. The van der Waals surface area contributed by atoms with Crippen LogP contribution in [0.5, 0.6) is 5.75 Å². The third-order valence-corrected chi connectivity index (χ3v) is 2.37. The highest BCUT2D eigenvalue weighted by atomic mass is 16.5. The Morgan fingerprint density at radius 1 is 1.16 bits per heavy atom. The first-order valence-electron chi connectivity index (χ1n) is 5.99. The predicted octanol–water partition coefficient (Wildman–Crippen LogP) is 3.12. The molecule has 2 N–H and O–H groups in total. The van der Waals surface area contributed by atoms with E-state index in [2.05, 4.69) is 15.6 Å². The van der Waals surface area contributed by atoms with Crippen molar-refractivity contribution in [3.8, 4) is 5.75 Å². The lowest BCUT2D eigenvalue weighted by atomic mass is 10.3. The summed E-state index contributed by atoms with van der Waals surface area (Å²) in [6.07, 6.45) is 3.23. The zero-order chi connectivity index (χ0) is 13.5. The molecule has 2 rings (SSSR count). The highest BCUT2D eigenvalue weighted by Gasteiger charge is 2.06. The molecule has 1 aromatic carbocycles. The molecule has 0 fully saturated rings. The van der Waals surface area contributed by atoms with E-state index in [0.717, 1.165) is 0 Å². The molecule has 5 heteroatoms. The van der Waals surface area contributed by atoms with Gasteiger partial charge in [0, 0.05) is 18.1 Å². The second-order valence-corrected chi connectivity index (χ2v) is 3.74. The summed E-state index contributed by atoms with van der Waals surface area (Å²) in [5, 5.41) is 5.46. The molecule has 0 aliphatic carbocycles. The highest BCUT2D eigenvalue weighted by Crippen LogP contribution is 2.23. The van der Waals surface area contributed by atoms with E-state index in [4.69, 9.17) is 4.74 Å². The molecular formula is C14H15N3O2. The summed E-state index contributed by atoms with van der Waals surface area (Å²) >= 11 is 0. The lowest BCUT2D eigenvalue weighted by Crippen LogP contribution is -2.19. The van der Waals surface area contributed by atoms with Gasteiger partial charge in [-0.15, -0.1) is 0 Å². The first-order chi connectivity index (χ1) is 9.29. The van der Waals surface area contributed by atoms with Crippen LogP contribution in [-0.4, -0.2) is 17.6 Å². The van der Waals surface area contributed by atoms with Crippen molar-refractivity contribution >= 4 is 17.4 Å².